The number of aromatic nitrogens is 2. The monoisotopic (exact) mass is 491 g/mol. The van der Waals surface area contributed by atoms with E-state index in [9.17, 15) is 18.0 Å². The maximum absolute atomic E-state index is 13.6. The van der Waals surface area contributed by atoms with Gasteiger partial charge in [0.1, 0.15) is 0 Å². The molecule has 0 unspecified atom stereocenters. The molecular weight excluding hydrogens is 466 g/mol. The Morgan fingerprint density at radius 1 is 1.03 bits per heavy atom. The SMILES string of the molecule is COC(=O)c1ccc(S(=O)(=O)N(Cc2cccnc2)Cc2cc3cc(C)c(C)cc3[nH]c2=O)cc1. The van der Waals surface area contributed by atoms with E-state index in [1.165, 1.54) is 35.7 Å². The zero-order valence-corrected chi connectivity index (χ0v) is 20.4. The molecule has 2 heterocycles. The summed E-state index contributed by atoms with van der Waals surface area (Å²) in [4.78, 5) is 31.6. The lowest BCUT2D eigenvalue weighted by Crippen LogP contribution is -2.32. The quantitative estimate of drug-likeness (QED) is 0.395. The summed E-state index contributed by atoms with van der Waals surface area (Å²) in [5.74, 6) is -0.561. The maximum Gasteiger partial charge on any atom is 0.337 e. The Kier molecular flexibility index (Phi) is 6.81. The minimum absolute atomic E-state index is 0.00210. The second kappa shape index (κ2) is 9.81. The van der Waals surface area contributed by atoms with Gasteiger partial charge in [-0.25, -0.2) is 13.2 Å². The molecule has 1 N–H and O–H groups in total. The number of aromatic amines is 1. The number of aryl methyl sites for hydroxylation is 2. The normalized spacial score (nSPS) is 11.7. The number of hydrogen-bond donors (Lipinski definition) is 1. The maximum atomic E-state index is 13.6. The van der Waals surface area contributed by atoms with Crippen molar-refractivity contribution in [1.29, 1.82) is 0 Å². The topological polar surface area (TPSA) is 109 Å². The van der Waals surface area contributed by atoms with Gasteiger partial charge in [-0.15, -0.1) is 0 Å². The number of ether oxygens (including phenoxy) is 1. The molecule has 0 fully saturated rings. The number of esters is 1. The van der Waals surface area contributed by atoms with E-state index in [-0.39, 0.29) is 29.1 Å². The lowest BCUT2D eigenvalue weighted by Gasteiger charge is -2.22. The minimum Gasteiger partial charge on any atom is -0.465 e. The summed E-state index contributed by atoms with van der Waals surface area (Å²) in [5.41, 5.74) is 3.69. The molecule has 4 rings (SSSR count). The molecule has 0 aliphatic rings. The third-order valence-corrected chi connectivity index (χ3v) is 7.68. The number of pyridine rings is 2. The number of sulfonamides is 1. The Labute approximate surface area is 203 Å². The predicted molar refractivity (Wildman–Crippen MR) is 132 cm³/mol. The van der Waals surface area contributed by atoms with Crippen LogP contribution in [0.2, 0.25) is 0 Å². The molecule has 2 aromatic carbocycles. The van der Waals surface area contributed by atoms with Gasteiger partial charge in [-0.05, 0) is 84.5 Å². The van der Waals surface area contributed by atoms with Gasteiger partial charge >= 0.3 is 5.97 Å². The fourth-order valence-electron chi connectivity index (χ4n) is 3.78. The van der Waals surface area contributed by atoms with Crippen molar-refractivity contribution in [1.82, 2.24) is 14.3 Å². The van der Waals surface area contributed by atoms with Crippen molar-refractivity contribution < 1.29 is 17.9 Å². The van der Waals surface area contributed by atoms with Gasteiger partial charge in [0.05, 0.1) is 17.6 Å². The van der Waals surface area contributed by atoms with Gasteiger partial charge in [0, 0.05) is 36.6 Å². The Bertz CT molecular complexity index is 1550. The van der Waals surface area contributed by atoms with Crippen LogP contribution in [0.25, 0.3) is 10.9 Å². The van der Waals surface area contributed by atoms with Crippen LogP contribution >= 0.6 is 0 Å². The smallest absolute Gasteiger partial charge is 0.337 e. The standard InChI is InChI=1S/C26H25N3O5S/c1-17-11-21-13-22(25(30)28-24(21)12-18(17)2)16-29(15-19-5-4-10-27-14-19)35(32,33)23-8-6-20(7-9-23)26(31)34-3/h4-14H,15-16H2,1-3H3,(H,28,30). The van der Waals surface area contributed by atoms with Crippen LogP contribution in [0.15, 0.2) is 76.7 Å². The molecule has 0 saturated carbocycles. The number of carbonyl (C=O) groups is 1. The first-order chi connectivity index (χ1) is 16.7. The van der Waals surface area contributed by atoms with Gasteiger partial charge in [0.25, 0.3) is 5.56 Å². The summed E-state index contributed by atoms with van der Waals surface area (Å²) < 4.78 is 33.2. The molecule has 8 nitrogen and oxygen atoms in total. The van der Waals surface area contributed by atoms with Crippen LogP contribution in [0, 0.1) is 13.8 Å². The fraction of sp³-hybridized carbons (Fsp3) is 0.192. The minimum atomic E-state index is -4.03. The van der Waals surface area contributed by atoms with Gasteiger partial charge in [0.2, 0.25) is 10.0 Å². The molecule has 2 aromatic heterocycles. The number of nitrogens with one attached hydrogen (secondary N) is 1. The molecule has 0 aliphatic carbocycles. The average molecular weight is 492 g/mol. The molecule has 35 heavy (non-hydrogen) atoms. The molecule has 0 radical (unpaired) electrons. The molecule has 4 aromatic rings. The number of rotatable bonds is 7. The van der Waals surface area contributed by atoms with Crippen molar-refractivity contribution in [2.24, 2.45) is 0 Å². The van der Waals surface area contributed by atoms with Gasteiger partial charge in [-0.2, -0.15) is 4.31 Å². The molecule has 9 heteroatoms. The first-order valence-corrected chi connectivity index (χ1v) is 12.3. The van der Waals surface area contributed by atoms with Crippen LogP contribution in [0.5, 0.6) is 0 Å². The Hall–Kier alpha value is -3.82. The van der Waals surface area contributed by atoms with Crippen LogP contribution in [0.3, 0.4) is 0 Å². The van der Waals surface area contributed by atoms with Crippen molar-refractivity contribution in [2.75, 3.05) is 7.11 Å². The summed E-state index contributed by atoms with van der Waals surface area (Å²) in [6.07, 6.45) is 3.19. The number of methoxy groups -OCH3 is 1. The summed E-state index contributed by atoms with van der Waals surface area (Å²) >= 11 is 0. The van der Waals surface area contributed by atoms with E-state index in [0.29, 0.717) is 16.6 Å². The van der Waals surface area contributed by atoms with E-state index in [1.54, 1.807) is 30.6 Å². The fourth-order valence-corrected chi connectivity index (χ4v) is 5.19. The van der Waals surface area contributed by atoms with E-state index in [1.807, 2.05) is 26.0 Å². The third kappa shape index (κ3) is 5.16. The van der Waals surface area contributed by atoms with E-state index in [2.05, 4.69) is 14.7 Å². The van der Waals surface area contributed by atoms with Crippen LogP contribution in [-0.2, 0) is 27.8 Å². The largest absolute Gasteiger partial charge is 0.465 e. The zero-order chi connectivity index (χ0) is 25.2. The number of fused-ring (bicyclic) bond motifs is 1. The van der Waals surface area contributed by atoms with Crippen LogP contribution in [-0.4, -0.2) is 35.8 Å². The zero-order valence-electron chi connectivity index (χ0n) is 19.6. The van der Waals surface area contributed by atoms with Crippen LogP contribution in [0.1, 0.15) is 32.6 Å². The second-order valence-corrected chi connectivity index (χ2v) is 10.2. The highest BCUT2D eigenvalue weighted by Gasteiger charge is 2.26. The Morgan fingerprint density at radius 3 is 2.40 bits per heavy atom. The number of hydrogen-bond acceptors (Lipinski definition) is 6. The summed E-state index contributed by atoms with van der Waals surface area (Å²) in [5, 5.41) is 0.823. The van der Waals surface area contributed by atoms with Crippen LogP contribution in [0.4, 0.5) is 0 Å². The van der Waals surface area contributed by atoms with Crippen molar-refractivity contribution >= 4 is 26.9 Å². The lowest BCUT2D eigenvalue weighted by atomic mass is 10.0. The van der Waals surface area contributed by atoms with E-state index in [4.69, 9.17) is 0 Å². The molecule has 0 atom stereocenters. The highest BCUT2D eigenvalue weighted by Crippen LogP contribution is 2.23. The number of H-pyrrole nitrogens is 1. The second-order valence-electron chi connectivity index (χ2n) is 8.30. The molecule has 180 valence electrons. The average Bonchev–Trinajstić information content (AvgIpc) is 2.85. The summed E-state index contributed by atoms with van der Waals surface area (Å²) in [6.45, 7) is 3.82. The third-order valence-electron chi connectivity index (χ3n) is 5.88. The molecule has 0 saturated heterocycles. The Balaban J connectivity index is 1.76. The molecule has 0 aliphatic heterocycles. The molecule has 0 bridgehead atoms. The molecule has 0 amide bonds. The van der Waals surface area contributed by atoms with Gasteiger partial charge in [-0.1, -0.05) is 6.07 Å². The lowest BCUT2D eigenvalue weighted by molar-refractivity contribution is 0.0600. The van der Waals surface area contributed by atoms with Gasteiger partial charge in [-0.3, -0.25) is 9.78 Å². The highest BCUT2D eigenvalue weighted by atomic mass is 32.2. The first kappa shape index (κ1) is 24.3. The number of nitrogens with zero attached hydrogens (tertiary/aromatic N) is 2. The Morgan fingerprint density at radius 2 is 1.74 bits per heavy atom. The van der Waals surface area contributed by atoms with Crippen molar-refractivity contribution in [3.63, 3.8) is 0 Å². The van der Waals surface area contributed by atoms with Crippen molar-refractivity contribution in [3.8, 4) is 0 Å². The van der Waals surface area contributed by atoms with E-state index in [0.717, 1.165) is 16.5 Å². The van der Waals surface area contributed by atoms with Gasteiger partial charge < -0.3 is 9.72 Å². The predicted octanol–water partition coefficient (Wildman–Crippen LogP) is 3.72. The summed E-state index contributed by atoms with van der Waals surface area (Å²) in [6, 6.07) is 14.6. The molecular formula is C26H25N3O5S. The molecule has 0 spiro atoms. The first-order valence-electron chi connectivity index (χ1n) is 10.9. The van der Waals surface area contributed by atoms with Crippen LogP contribution < -0.4 is 5.56 Å². The van der Waals surface area contributed by atoms with Crippen molar-refractivity contribution in [2.45, 2.75) is 31.8 Å². The van der Waals surface area contributed by atoms with E-state index >= 15 is 0 Å². The highest BCUT2D eigenvalue weighted by molar-refractivity contribution is 7.89. The van der Waals surface area contributed by atoms with E-state index < -0.39 is 16.0 Å². The van der Waals surface area contributed by atoms with Crippen molar-refractivity contribution in [3.05, 3.63) is 105 Å². The van der Waals surface area contributed by atoms with Gasteiger partial charge in [0.15, 0.2) is 0 Å². The number of benzene rings is 2. The summed E-state index contributed by atoms with van der Waals surface area (Å²) in [7, 11) is -2.77. The number of carbonyl (C=O) groups excluding carboxylic acids is 1.